The van der Waals surface area contributed by atoms with E-state index in [1.807, 2.05) is 0 Å². The third kappa shape index (κ3) is 4.99. The van der Waals surface area contributed by atoms with Gasteiger partial charge in [0.25, 0.3) is 11.6 Å². The van der Waals surface area contributed by atoms with Crippen LogP contribution in [0, 0.1) is 27.3 Å². The summed E-state index contributed by atoms with van der Waals surface area (Å²) >= 11 is 0. The monoisotopic (exact) mass is 405 g/mol. The van der Waals surface area contributed by atoms with Crippen LogP contribution in [0.25, 0.3) is 0 Å². The van der Waals surface area contributed by atoms with E-state index in [4.69, 9.17) is 10.00 Å². The first-order valence-electron chi connectivity index (χ1n) is 8.37. The average molecular weight is 405 g/mol. The second kappa shape index (κ2) is 9.03. The van der Waals surface area contributed by atoms with Crippen molar-refractivity contribution in [2.24, 2.45) is 5.10 Å². The summed E-state index contributed by atoms with van der Waals surface area (Å²) in [5, 5.41) is 23.1. The fourth-order valence-electron chi connectivity index (χ4n) is 2.28. The molecule has 1 amide bonds. The third-order valence-corrected chi connectivity index (χ3v) is 3.76. The minimum Gasteiger partial charge on any atom is -0.439 e. The number of ether oxygens (including phenoxy) is 1. The molecule has 0 atom stereocenters. The Morgan fingerprint density at radius 1 is 1.23 bits per heavy atom. The highest BCUT2D eigenvalue weighted by Crippen LogP contribution is 2.21. The molecule has 2 aromatic carbocycles. The Kier molecular flexibility index (Phi) is 6.05. The van der Waals surface area contributed by atoms with Crippen molar-refractivity contribution in [2.45, 2.75) is 0 Å². The molecule has 0 fully saturated rings. The lowest BCUT2D eigenvalue weighted by molar-refractivity contribution is -0.385. The Hall–Kier alpha value is -4.65. The van der Waals surface area contributed by atoms with Gasteiger partial charge in [0.2, 0.25) is 5.88 Å². The number of hydrogen-bond acceptors (Lipinski definition) is 7. The standard InChI is InChI=1S/C20H12FN5O4/c21-18-9-14(10-22)3-7-17(18)20(27)25-24-11-13-1-5-16(6-2-13)30-19-8-4-15(12-23-19)26(28)29/h1-9,11-12H,(H,25,27). The molecule has 30 heavy (non-hydrogen) atoms. The van der Waals surface area contributed by atoms with Crippen LogP contribution in [0.5, 0.6) is 11.6 Å². The predicted molar refractivity (Wildman–Crippen MR) is 104 cm³/mol. The minimum absolute atomic E-state index is 0.110. The molecule has 0 unspecified atom stereocenters. The number of nitrogens with one attached hydrogen (secondary N) is 1. The number of benzene rings is 2. The summed E-state index contributed by atoms with van der Waals surface area (Å²) in [4.78, 5) is 25.9. The summed E-state index contributed by atoms with van der Waals surface area (Å²) in [6.07, 6.45) is 2.45. The second-order valence-electron chi connectivity index (χ2n) is 5.79. The lowest BCUT2D eigenvalue weighted by Gasteiger charge is -2.04. The molecule has 0 aliphatic rings. The molecule has 0 saturated carbocycles. The van der Waals surface area contributed by atoms with Gasteiger partial charge in [-0.15, -0.1) is 0 Å². The number of amides is 1. The van der Waals surface area contributed by atoms with Crippen LogP contribution in [0.3, 0.4) is 0 Å². The van der Waals surface area contributed by atoms with Crippen LogP contribution < -0.4 is 10.2 Å². The molecule has 9 nitrogen and oxygen atoms in total. The number of pyridine rings is 1. The molecule has 1 N–H and O–H groups in total. The van der Waals surface area contributed by atoms with Crippen LogP contribution in [0.15, 0.2) is 65.9 Å². The zero-order valence-corrected chi connectivity index (χ0v) is 15.2. The van der Waals surface area contributed by atoms with E-state index < -0.39 is 16.6 Å². The van der Waals surface area contributed by atoms with Crippen molar-refractivity contribution < 1.29 is 18.8 Å². The van der Waals surface area contributed by atoms with Gasteiger partial charge in [-0.05, 0) is 48.0 Å². The van der Waals surface area contributed by atoms with E-state index in [0.717, 1.165) is 12.3 Å². The first-order valence-corrected chi connectivity index (χ1v) is 8.37. The Balaban J connectivity index is 1.58. The topological polar surface area (TPSA) is 131 Å². The number of nitro groups is 1. The van der Waals surface area contributed by atoms with Crippen LogP contribution in [-0.2, 0) is 0 Å². The van der Waals surface area contributed by atoms with E-state index in [1.54, 1.807) is 30.3 Å². The first kappa shape index (κ1) is 20.1. The molecule has 0 bridgehead atoms. The number of carbonyl (C=O) groups excluding carboxylic acids is 1. The van der Waals surface area contributed by atoms with Gasteiger partial charge in [0.05, 0.1) is 28.3 Å². The summed E-state index contributed by atoms with van der Waals surface area (Å²) in [5.74, 6) is -0.934. The molecular weight excluding hydrogens is 393 g/mol. The minimum atomic E-state index is -0.817. The Morgan fingerprint density at radius 2 is 2.00 bits per heavy atom. The highest BCUT2D eigenvalue weighted by atomic mass is 19.1. The van der Waals surface area contributed by atoms with Gasteiger partial charge in [0.15, 0.2) is 0 Å². The number of hydrogen-bond donors (Lipinski definition) is 1. The van der Waals surface area contributed by atoms with E-state index >= 15 is 0 Å². The molecule has 3 aromatic rings. The van der Waals surface area contributed by atoms with Gasteiger partial charge >= 0.3 is 0 Å². The zero-order valence-electron chi connectivity index (χ0n) is 15.2. The van der Waals surface area contributed by atoms with E-state index in [1.165, 1.54) is 30.5 Å². The second-order valence-corrected chi connectivity index (χ2v) is 5.79. The Bertz CT molecular complexity index is 1160. The summed E-state index contributed by atoms with van der Waals surface area (Å²) in [7, 11) is 0. The third-order valence-electron chi connectivity index (χ3n) is 3.76. The van der Waals surface area contributed by atoms with E-state index in [2.05, 4.69) is 15.5 Å². The Morgan fingerprint density at radius 3 is 2.60 bits per heavy atom. The zero-order chi connectivity index (χ0) is 21.5. The number of nitrogens with zero attached hydrogens (tertiary/aromatic N) is 4. The summed E-state index contributed by atoms with van der Waals surface area (Å²) in [6.45, 7) is 0. The smallest absolute Gasteiger partial charge is 0.287 e. The molecule has 0 radical (unpaired) electrons. The maximum atomic E-state index is 13.8. The molecule has 1 heterocycles. The largest absolute Gasteiger partial charge is 0.439 e. The molecule has 0 aliphatic heterocycles. The van der Waals surface area contributed by atoms with Crippen molar-refractivity contribution in [1.82, 2.24) is 10.4 Å². The van der Waals surface area contributed by atoms with Crippen LogP contribution in [0.2, 0.25) is 0 Å². The van der Waals surface area contributed by atoms with Crippen LogP contribution in [0.1, 0.15) is 21.5 Å². The van der Waals surface area contributed by atoms with Crippen LogP contribution >= 0.6 is 0 Å². The number of carbonyl (C=O) groups is 1. The van der Waals surface area contributed by atoms with E-state index in [-0.39, 0.29) is 22.7 Å². The maximum Gasteiger partial charge on any atom is 0.287 e. The molecular formula is C20H12FN5O4. The number of halogens is 1. The van der Waals surface area contributed by atoms with E-state index in [0.29, 0.717) is 11.3 Å². The molecule has 1 aromatic heterocycles. The lowest BCUT2D eigenvalue weighted by Crippen LogP contribution is -2.19. The van der Waals surface area contributed by atoms with Crippen molar-refractivity contribution in [3.05, 3.63) is 93.4 Å². The van der Waals surface area contributed by atoms with Gasteiger partial charge in [-0.25, -0.2) is 14.8 Å². The van der Waals surface area contributed by atoms with Gasteiger partial charge < -0.3 is 4.74 Å². The summed E-state index contributed by atoms with van der Waals surface area (Å²) in [5.41, 5.74) is 2.57. The predicted octanol–water partition coefficient (Wildman–Crippen LogP) is 3.56. The van der Waals surface area contributed by atoms with Gasteiger partial charge in [0.1, 0.15) is 17.8 Å². The molecule has 0 saturated heterocycles. The van der Waals surface area contributed by atoms with Gasteiger partial charge in [-0.3, -0.25) is 14.9 Å². The van der Waals surface area contributed by atoms with Crippen molar-refractivity contribution in [3.8, 4) is 17.7 Å². The quantitative estimate of drug-likeness (QED) is 0.379. The highest BCUT2D eigenvalue weighted by Gasteiger charge is 2.11. The number of nitriles is 1. The van der Waals surface area contributed by atoms with Crippen molar-refractivity contribution in [1.29, 1.82) is 5.26 Å². The molecule has 0 aliphatic carbocycles. The number of hydrazone groups is 1. The summed E-state index contributed by atoms with van der Waals surface area (Å²) in [6, 6.07) is 14.5. The molecule has 148 valence electrons. The highest BCUT2D eigenvalue weighted by molar-refractivity contribution is 5.95. The van der Waals surface area contributed by atoms with Crippen LogP contribution in [-0.4, -0.2) is 22.0 Å². The molecule has 3 rings (SSSR count). The van der Waals surface area contributed by atoms with Crippen LogP contribution in [0.4, 0.5) is 10.1 Å². The van der Waals surface area contributed by atoms with E-state index in [9.17, 15) is 19.3 Å². The SMILES string of the molecule is N#Cc1ccc(C(=O)NN=Cc2ccc(Oc3ccc([N+](=O)[O-])cn3)cc2)c(F)c1. The normalized spacial score (nSPS) is 10.4. The van der Waals surface area contributed by atoms with Crippen molar-refractivity contribution in [2.75, 3.05) is 0 Å². The summed E-state index contributed by atoms with van der Waals surface area (Å²) < 4.78 is 19.3. The fourth-order valence-corrected chi connectivity index (χ4v) is 2.28. The maximum absolute atomic E-state index is 13.8. The van der Waals surface area contributed by atoms with Gasteiger partial charge in [-0.2, -0.15) is 10.4 Å². The number of rotatable bonds is 6. The first-order chi connectivity index (χ1) is 14.5. The van der Waals surface area contributed by atoms with Crippen molar-refractivity contribution in [3.63, 3.8) is 0 Å². The Labute approximate surface area is 169 Å². The van der Waals surface area contributed by atoms with Gasteiger partial charge in [-0.1, -0.05) is 0 Å². The molecule has 0 spiro atoms. The number of aromatic nitrogens is 1. The van der Waals surface area contributed by atoms with Gasteiger partial charge in [0, 0.05) is 12.1 Å². The molecule has 10 heteroatoms. The van der Waals surface area contributed by atoms with Crippen molar-refractivity contribution >= 4 is 17.8 Å². The average Bonchev–Trinajstić information content (AvgIpc) is 2.75. The fraction of sp³-hybridized carbons (Fsp3) is 0. The lowest BCUT2D eigenvalue weighted by atomic mass is 10.1.